The van der Waals surface area contributed by atoms with Gasteiger partial charge < -0.3 is 8.98 Å². The summed E-state index contributed by atoms with van der Waals surface area (Å²) in [6.07, 6.45) is 0. The molecule has 12 rings (SSSR count). The first-order valence-corrected chi connectivity index (χ1v) is 18.9. The van der Waals surface area contributed by atoms with Crippen molar-refractivity contribution in [3.05, 3.63) is 194 Å². The smallest absolute Gasteiger partial charge is 0.166 e. The summed E-state index contributed by atoms with van der Waals surface area (Å²) in [4.78, 5) is 15.2. The quantitative estimate of drug-likeness (QED) is 0.164. The second-order valence-corrected chi connectivity index (χ2v) is 14.2. The van der Waals surface area contributed by atoms with Gasteiger partial charge in [-0.3, -0.25) is 0 Å². The van der Waals surface area contributed by atoms with Crippen molar-refractivity contribution in [1.29, 1.82) is 0 Å². The van der Waals surface area contributed by atoms with Gasteiger partial charge in [-0.05, 0) is 87.2 Å². The van der Waals surface area contributed by atoms with Crippen LogP contribution in [0.4, 0.5) is 0 Å². The molecule has 12 aromatic rings. The van der Waals surface area contributed by atoms with E-state index in [-0.39, 0.29) is 27.6 Å². The molecule has 270 valence electrons. The molecule has 3 aromatic heterocycles. The average molecular weight is 749 g/mol. The summed E-state index contributed by atoms with van der Waals surface area (Å²) in [6, 6.07) is 43.6. The van der Waals surface area contributed by atoms with E-state index < -0.39 is 48.3 Å². The number of nitrogens with zero attached hydrogens (tertiary/aromatic N) is 4. The maximum Gasteiger partial charge on any atom is 0.166 e. The number of hydrogen-bond donors (Lipinski definition) is 0. The minimum absolute atomic E-state index is 0.0155. The van der Waals surface area contributed by atoms with E-state index in [0.717, 1.165) is 49.0 Å². The van der Waals surface area contributed by atoms with Crippen molar-refractivity contribution in [3.63, 3.8) is 0 Å². The van der Waals surface area contributed by atoms with E-state index in [9.17, 15) is 2.74 Å². The molecule has 58 heavy (non-hydrogen) atoms. The Labute approximate surface area is 344 Å². The number of benzene rings is 9. The van der Waals surface area contributed by atoms with Gasteiger partial charge in [0.25, 0.3) is 0 Å². The van der Waals surface area contributed by atoms with E-state index in [4.69, 9.17) is 27.6 Å². The molecule has 0 amide bonds. The average Bonchev–Trinajstić information content (AvgIpc) is 3.92. The third kappa shape index (κ3) is 5.14. The van der Waals surface area contributed by atoms with Gasteiger partial charge in [-0.25, -0.2) is 15.0 Å². The number of hydrogen-bond acceptors (Lipinski definition) is 4. The monoisotopic (exact) mass is 748 g/mol. The molecule has 0 aliphatic carbocycles. The Morgan fingerprint density at radius 2 is 1.03 bits per heavy atom. The third-order valence-corrected chi connectivity index (χ3v) is 10.9. The van der Waals surface area contributed by atoms with Gasteiger partial charge in [0.2, 0.25) is 0 Å². The Morgan fingerprint density at radius 3 is 1.84 bits per heavy atom. The zero-order valence-corrected chi connectivity index (χ0v) is 30.6. The topological polar surface area (TPSA) is 56.7 Å². The molecule has 0 saturated heterocycles. The Balaban J connectivity index is 1.21. The minimum atomic E-state index is -0.521. The molecule has 0 atom stereocenters. The van der Waals surface area contributed by atoms with E-state index in [1.54, 1.807) is 0 Å². The Bertz CT molecular complexity index is 3980. The van der Waals surface area contributed by atoms with Gasteiger partial charge in [0.05, 0.1) is 27.7 Å². The lowest BCUT2D eigenvalue weighted by Crippen LogP contribution is -2.04. The number of rotatable bonds is 5. The van der Waals surface area contributed by atoms with Crippen LogP contribution in [0.2, 0.25) is 0 Å². The van der Waals surface area contributed by atoms with Crippen LogP contribution < -0.4 is 0 Å². The SMILES string of the molecule is [2H]c1c([2H])c([2H])c2c(c1[2H])c1c([2H])c([2H])c([2H])c([2H])c1n2-c1cc(-c2cccc3cc4ccccc4cc23)ccc1-c1nc(-c2ccccc2)nc(-c2ccc3c(c2)oc2ccccc23)n1. The second-order valence-electron chi connectivity index (χ2n) is 14.2. The van der Waals surface area contributed by atoms with E-state index in [1.807, 2.05) is 115 Å². The van der Waals surface area contributed by atoms with Crippen LogP contribution in [0.5, 0.6) is 0 Å². The molecule has 0 aliphatic rings. The Morgan fingerprint density at radius 1 is 0.397 bits per heavy atom. The lowest BCUT2D eigenvalue weighted by molar-refractivity contribution is 0.669. The van der Waals surface area contributed by atoms with Crippen molar-refractivity contribution < 1.29 is 15.4 Å². The summed E-state index contributed by atoms with van der Waals surface area (Å²) >= 11 is 0. The number of fused-ring (bicyclic) bond motifs is 8. The van der Waals surface area contributed by atoms with Crippen molar-refractivity contribution in [1.82, 2.24) is 19.5 Å². The summed E-state index contributed by atoms with van der Waals surface area (Å²) in [5.41, 5.74) is 5.08. The number of furan rings is 1. The molecule has 0 N–H and O–H groups in total. The molecular formula is C53H32N4O. The van der Waals surface area contributed by atoms with E-state index in [0.29, 0.717) is 39.6 Å². The Kier molecular flexibility index (Phi) is 5.60. The predicted octanol–water partition coefficient (Wildman–Crippen LogP) is 13.8. The van der Waals surface area contributed by atoms with Crippen molar-refractivity contribution >= 4 is 65.3 Å². The molecule has 0 unspecified atom stereocenters. The second kappa shape index (κ2) is 12.8. The lowest BCUT2D eigenvalue weighted by Gasteiger charge is -2.17. The summed E-state index contributed by atoms with van der Waals surface area (Å²) in [7, 11) is 0. The van der Waals surface area contributed by atoms with Crippen LogP contribution >= 0.6 is 0 Å². The Hall–Kier alpha value is -7.89. The summed E-state index contributed by atoms with van der Waals surface area (Å²) < 4.78 is 80.1. The fourth-order valence-corrected chi connectivity index (χ4v) is 8.16. The predicted molar refractivity (Wildman–Crippen MR) is 238 cm³/mol. The third-order valence-electron chi connectivity index (χ3n) is 10.9. The highest BCUT2D eigenvalue weighted by Crippen LogP contribution is 2.40. The van der Waals surface area contributed by atoms with Gasteiger partial charge in [0, 0.05) is 38.2 Å². The van der Waals surface area contributed by atoms with Crippen LogP contribution in [-0.2, 0) is 0 Å². The highest BCUT2D eigenvalue weighted by Gasteiger charge is 2.21. The molecule has 0 radical (unpaired) electrons. The molecular weight excluding hydrogens is 709 g/mol. The van der Waals surface area contributed by atoms with E-state index in [2.05, 4.69) is 30.3 Å². The maximum atomic E-state index is 9.40. The molecule has 0 spiro atoms. The molecule has 9 aromatic carbocycles. The van der Waals surface area contributed by atoms with Gasteiger partial charge in [-0.2, -0.15) is 0 Å². The fraction of sp³-hybridized carbons (Fsp3) is 0. The zero-order valence-electron chi connectivity index (χ0n) is 38.6. The van der Waals surface area contributed by atoms with Crippen molar-refractivity contribution in [3.8, 4) is 51.0 Å². The first kappa shape index (κ1) is 25.3. The molecule has 5 nitrogen and oxygen atoms in total. The lowest BCUT2D eigenvalue weighted by atomic mass is 9.94. The van der Waals surface area contributed by atoms with E-state index >= 15 is 0 Å². The van der Waals surface area contributed by atoms with Crippen molar-refractivity contribution in [2.45, 2.75) is 0 Å². The first-order chi connectivity index (χ1) is 32.0. The summed E-state index contributed by atoms with van der Waals surface area (Å²) in [6.45, 7) is 0. The van der Waals surface area contributed by atoms with Crippen molar-refractivity contribution in [2.75, 3.05) is 0 Å². The standard InChI is InChI=1S/C53H32N4O/c1-2-13-33(14-3-1)51-54-52(38-26-27-43-42-20-8-11-24-49(42)58-50(43)32-38)56-53(55-51)44-28-25-37(39-21-12-17-36-29-34-15-4-5-16-35(34)30-45(36)39)31-48(44)57-46-22-9-6-18-40(46)41-19-7-10-23-47(41)57/h1-32H/i6D,7D,9D,10D,18D,19D,22D,23D. The molecule has 3 heterocycles. The summed E-state index contributed by atoms with van der Waals surface area (Å²) in [5.74, 6) is 0.913. The highest BCUT2D eigenvalue weighted by atomic mass is 16.3. The number of para-hydroxylation sites is 3. The molecule has 0 bridgehead atoms. The van der Waals surface area contributed by atoms with Gasteiger partial charge in [0.1, 0.15) is 11.2 Å². The van der Waals surface area contributed by atoms with Crippen LogP contribution in [0, 0.1) is 0 Å². The zero-order chi connectivity index (χ0) is 45.1. The largest absolute Gasteiger partial charge is 0.456 e. The summed E-state index contributed by atoms with van der Waals surface area (Å²) in [5, 5.41) is 5.97. The first-order valence-electron chi connectivity index (χ1n) is 22.9. The van der Waals surface area contributed by atoms with Gasteiger partial charge in [0.15, 0.2) is 17.5 Å². The van der Waals surface area contributed by atoms with Gasteiger partial charge in [-0.15, -0.1) is 0 Å². The number of aromatic nitrogens is 4. The fourth-order valence-electron chi connectivity index (χ4n) is 8.16. The van der Waals surface area contributed by atoms with Gasteiger partial charge in [-0.1, -0.05) is 139 Å². The van der Waals surface area contributed by atoms with Crippen LogP contribution in [0.3, 0.4) is 0 Å². The van der Waals surface area contributed by atoms with Crippen LogP contribution in [0.1, 0.15) is 11.0 Å². The maximum absolute atomic E-state index is 9.40. The van der Waals surface area contributed by atoms with E-state index in [1.165, 1.54) is 4.57 Å². The molecule has 5 heteroatoms. The molecule has 0 fully saturated rings. The van der Waals surface area contributed by atoms with Crippen molar-refractivity contribution in [2.24, 2.45) is 0 Å². The normalized spacial score (nSPS) is 13.7. The molecule has 0 aliphatic heterocycles. The van der Waals surface area contributed by atoms with Crippen LogP contribution in [-0.4, -0.2) is 19.5 Å². The van der Waals surface area contributed by atoms with Crippen LogP contribution in [0.25, 0.3) is 116 Å². The molecule has 0 saturated carbocycles. The highest BCUT2D eigenvalue weighted by molar-refractivity contribution is 6.10. The minimum Gasteiger partial charge on any atom is -0.456 e. The van der Waals surface area contributed by atoms with Gasteiger partial charge >= 0.3 is 0 Å². The van der Waals surface area contributed by atoms with Crippen LogP contribution in [0.15, 0.2) is 198 Å².